The van der Waals surface area contributed by atoms with Gasteiger partial charge in [0, 0.05) is 32.2 Å². The summed E-state index contributed by atoms with van der Waals surface area (Å²) in [5.41, 5.74) is 0. The second-order valence-electron chi connectivity index (χ2n) is 6.85. The Balaban J connectivity index is 1.44. The predicted octanol–water partition coefficient (Wildman–Crippen LogP) is 0.0181. The van der Waals surface area contributed by atoms with Crippen LogP contribution in [0.3, 0.4) is 0 Å². The van der Waals surface area contributed by atoms with Crippen LogP contribution in [0.2, 0.25) is 0 Å². The molecular formula is C14H24N2O2. The third-order valence-electron chi connectivity index (χ3n) is 5.73. The maximum atomic E-state index is 10.4. The van der Waals surface area contributed by atoms with Crippen LogP contribution in [0.4, 0.5) is 0 Å². The van der Waals surface area contributed by atoms with Gasteiger partial charge in [0.25, 0.3) is 0 Å². The third kappa shape index (κ3) is 1.66. The maximum Gasteiger partial charge on any atom is 0.0829 e. The molecule has 4 nitrogen and oxygen atoms in total. The van der Waals surface area contributed by atoms with Crippen molar-refractivity contribution < 1.29 is 9.84 Å². The van der Waals surface area contributed by atoms with Gasteiger partial charge in [-0.1, -0.05) is 0 Å². The molecule has 0 radical (unpaired) electrons. The van der Waals surface area contributed by atoms with E-state index in [2.05, 4.69) is 16.8 Å². The van der Waals surface area contributed by atoms with Gasteiger partial charge in [0.15, 0.2) is 0 Å². The number of rotatable bonds is 2. The second kappa shape index (κ2) is 4.17. The molecule has 2 bridgehead atoms. The van der Waals surface area contributed by atoms with Crippen molar-refractivity contribution in [1.29, 1.82) is 0 Å². The molecule has 4 rings (SSSR count). The van der Waals surface area contributed by atoms with Crippen LogP contribution in [0.25, 0.3) is 0 Å². The average molecular weight is 252 g/mol. The van der Waals surface area contributed by atoms with Gasteiger partial charge in [-0.25, -0.2) is 0 Å². The molecule has 1 N–H and O–H groups in total. The maximum absolute atomic E-state index is 10.4. The summed E-state index contributed by atoms with van der Waals surface area (Å²) in [5.74, 6) is 2.25. The van der Waals surface area contributed by atoms with Crippen LogP contribution >= 0.6 is 0 Å². The largest absolute Gasteiger partial charge is 0.391 e. The minimum Gasteiger partial charge on any atom is -0.391 e. The SMILES string of the molecule is CN1CCOC(CN2CC3CC4CC3C2C4O)C1. The van der Waals surface area contributed by atoms with E-state index in [4.69, 9.17) is 4.74 Å². The zero-order chi connectivity index (χ0) is 12.3. The molecule has 4 fully saturated rings. The van der Waals surface area contributed by atoms with Crippen LogP contribution in [-0.4, -0.2) is 73.0 Å². The van der Waals surface area contributed by atoms with Crippen LogP contribution in [0.5, 0.6) is 0 Å². The van der Waals surface area contributed by atoms with Gasteiger partial charge >= 0.3 is 0 Å². The normalized spacial score (nSPS) is 52.3. The van der Waals surface area contributed by atoms with Crippen molar-refractivity contribution >= 4 is 0 Å². The lowest BCUT2D eigenvalue weighted by atomic mass is 9.88. The lowest BCUT2D eigenvalue weighted by molar-refractivity contribution is -0.0456. The molecule has 6 atom stereocenters. The van der Waals surface area contributed by atoms with E-state index in [-0.39, 0.29) is 6.10 Å². The van der Waals surface area contributed by atoms with Crippen LogP contribution < -0.4 is 0 Å². The summed E-state index contributed by atoms with van der Waals surface area (Å²) in [5, 5.41) is 10.4. The van der Waals surface area contributed by atoms with Crippen LogP contribution in [0.15, 0.2) is 0 Å². The van der Waals surface area contributed by atoms with Crippen LogP contribution in [0, 0.1) is 17.8 Å². The molecule has 0 aromatic heterocycles. The van der Waals surface area contributed by atoms with E-state index in [9.17, 15) is 5.11 Å². The Morgan fingerprint density at radius 1 is 1.22 bits per heavy atom. The molecule has 2 heterocycles. The Morgan fingerprint density at radius 3 is 2.89 bits per heavy atom. The number of hydrogen-bond donors (Lipinski definition) is 1. The number of nitrogens with zero attached hydrogens (tertiary/aromatic N) is 2. The highest BCUT2D eigenvalue weighted by Gasteiger charge is 2.58. The highest BCUT2D eigenvalue weighted by molar-refractivity contribution is 5.11. The number of likely N-dealkylation sites (tertiary alicyclic amines) is 1. The zero-order valence-electron chi connectivity index (χ0n) is 11.2. The Bertz CT molecular complexity index is 336. The topological polar surface area (TPSA) is 35.9 Å². The Hall–Kier alpha value is -0.160. The van der Waals surface area contributed by atoms with Crippen LogP contribution in [-0.2, 0) is 4.74 Å². The van der Waals surface area contributed by atoms with Crippen molar-refractivity contribution in [2.75, 3.05) is 39.8 Å². The molecule has 4 aliphatic rings. The minimum absolute atomic E-state index is 0.0601. The van der Waals surface area contributed by atoms with E-state index in [0.29, 0.717) is 18.1 Å². The lowest BCUT2D eigenvalue weighted by Crippen LogP contribution is -2.49. The molecular weight excluding hydrogens is 228 g/mol. The molecule has 2 saturated carbocycles. The summed E-state index contributed by atoms with van der Waals surface area (Å²) in [6.45, 7) is 5.17. The number of aliphatic hydroxyl groups is 1. The van der Waals surface area contributed by atoms with Crippen molar-refractivity contribution in [3.63, 3.8) is 0 Å². The fourth-order valence-electron chi connectivity index (χ4n) is 4.99. The van der Waals surface area contributed by atoms with Gasteiger partial charge in [-0.15, -0.1) is 0 Å². The highest BCUT2D eigenvalue weighted by atomic mass is 16.5. The number of aliphatic hydroxyl groups excluding tert-OH is 1. The highest BCUT2D eigenvalue weighted by Crippen LogP contribution is 2.54. The zero-order valence-corrected chi connectivity index (χ0v) is 11.2. The van der Waals surface area contributed by atoms with Crippen molar-refractivity contribution in [3.05, 3.63) is 0 Å². The molecule has 0 amide bonds. The molecule has 2 saturated heterocycles. The first-order chi connectivity index (χ1) is 8.72. The predicted molar refractivity (Wildman–Crippen MR) is 68.3 cm³/mol. The molecule has 2 aliphatic carbocycles. The fraction of sp³-hybridized carbons (Fsp3) is 1.00. The van der Waals surface area contributed by atoms with Gasteiger partial charge < -0.3 is 14.7 Å². The second-order valence-corrected chi connectivity index (χ2v) is 6.85. The summed E-state index contributed by atoms with van der Waals surface area (Å²) in [6, 6.07) is 0.449. The molecule has 18 heavy (non-hydrogen) atoms. The number of fused-ring (bicyclic) bond motifs is 1. The van der Waals surface area contributed by atoms with E-state index in [0.717, 1.165) is 38.1 Å². The molecule has 0 spiro atoms. The van der Waals surface area contributed by atoms with Crippen molar-refractivity contribution in [3.8, 4) is 0 Å². The summed E-state index contributed by atoms with van der Waals surface area (Å²) in [6.07, 6.45) is 2.82. The van der Waals surface area contributed by atoms with E-state index < -0.39 is 0 Å². The Morgan fingerprint density at radius 2 is 2.11 bits per heavy atom. The van der Waals surface area contributed by atoms with E-state index in [1.807, 2.05) is 0 Å². The van der Waals surface area contributed by atoms with Gasteiger partial charge in [-0.2, -0.15) is 0 Å². The monoisotopic (exact) mass is 252 g/mol. The van der Waals surface area contributed by atoms with Gasteiger partial charge in [0.1, 0.15) is 0 Å². The van der Waals surface area contributed by atoms with Crippen molar-refractivity contribution in [1.82, 2.24) is 9.80 Å². The van der Waals surface area contributed by atoms with Crippen LogP contribution in [0.1, 0.15) is 12.8 Å². The standard InChI is InChI=1S/C14H24N2O2/c1-15-2-3-18-11(7-15)8-16-6-10-4-9-5-12(10)13(16)14(9)17/h9-14,17H,2-8H2,1H3. The quantitative estimate of drug-likeness (QED) is 0.751. The fourth-order valence-corrected chi connectivity index (χ4v) is 4.99. The van der Waals surface area contributed by atoms with E-state index in [1.165, 1.54) is 19.4 Å². The van der Waals surface area contributed by atoms with E-state index >= 15 is 0 Å². The number of likely N-dealkylation sites (N-methyl/N-ethyl adjacent to an activating group) is 1. The number of ether oxygens (including phenoxy) is 1. The number of morpholine rings is 1. The van der Waals surface area contributed by atoms with E-state index in [1.54, 1.807) is 0 Å². The summed E-state index contributed by atoms with van der Waals surface area (Å²) >= 11 is 0. The Labute approximate surface area is 109 Å². The summed E-state index contributed by atoms with van der Waals surface area (Å²) in [4.78, 5) is 4.89. The first-order valence-corrected chi connectivity index (χ1v) is 7.44. The molecule has 6 unspecified atom stereocenters. The Kier molecular flexibility index (Phi) is 2.70. The van der Waals surface area contributed by atoms with Crippen molar-refractivity contribution in [2.24, 2.45) is 17.8 Å². The third-order valence-corrected chi connectivity index (χ3v) is 5.73. The smallest absolute Gasteiger partial charge is 0.0829 e. The van der Waals surface area contributed by atoms with Gasteiger partial charge in [0.2, 0.25) is 0 Å². The number of hydrogen-bond acceptors (Lipinski definition) is 4. The molecule has 2 aliphatic heterocycles. The van der Waals surface area contributed by atoms with Crippen molar-refractivity contribution in [2.45, 2.75) is 31.1 Å². The van der Waals surface area contributed by atoms with Gasteiger partial charge in [0.05, 0.1) is 18.8 Å². The molecule has 0 aromatic carbocycles. The van der Waals surface area contributed by atoms with Gasteiger partial charge in [-0.05, 0) is 37.6 Å². The summed E-state index contributed by atoms with van der Waals surface area (Å²) in [7, 11) is 2.17. The molecule has 4 heteroatoms. The lowest BCUT2D eigenvalue weighted by Gasteiger charge is -2.35. The summed E-state index contributed by atoms with van der Waals surface area (Å²) < 4.78 is 5.88. The minimum atomic E-state index is -0.0601. The first-order valence-electron chi connectivity index (χ1n) is 7.44. The molecule has 102 valence electrons. The van der Waals surface area contributed by atoms with Gasteiger partial charge in [-0.3, -0.25) is 4.90 Å². The average Bonchev–Trinajstić information content (AvgIpc) is 2.91. The molecule has 0 aromatic rings. The first kappa shape index (κ1) is 11.6.